The summed E-state index contributed by atoms with van der Waals surface area (Å²) < 4.78 is 0. The van der Waals surface area contributed by atoms with Crippen molar-refractivity contribution in [2.75, 3.05) is 6.54 Å². The van der Waals surface area contributed by atoms with Gasteiger partial charge in [0.05, 0.1) is 0 Å². The summed E-state index contributed by atoms with van der Waals surface area (Å²) in [5, 5.41) is 16.8. The van der Waals surface area contributed by atoms with E-state index in [1.165, 1.54) is 0 Å². The largest absolute Gasteiger partial charge is 0.507 e. The van der Waals surface area contributed by atoms with Crippen molar-refractivity contribution in [2.24, 2.45) is 10.9 Å². The maximum Gasteiger partial charge on any atom is 0.300 e. The number of nitrogens with zero attached hydrogens (tertiary/aromatic N) is 1. The van der Waals surface area contributed by atoms with Gasteiger partial charge in [-0.3, -0.25) is 9.79 Å². The van der Waals surface area contributed by atoms with Gasteiger partial charge in [0.2, 0.25) is 0 Å². The van der Waals surface area contributed by atoms with Gasteiger partial charge in [0.15, 0.2) is 0 Å². The molecule has 1 aromatic carbocycles. The Morgan fingerprint density at radius 1 is 1.30 bits per heavy atom. The Morgan fingerprint density at radius 3 is 2.25 bits per heavy atom. The van der Waals surface area contributed by atoms with Crippen LogP contribution in [0.4, 0.5) is 0 Å². The van der Waals surface area contributed by atoms with Crippen LogP contribution in [-0.4, -0.2) is 28.9 Å². The minimum absolute atomic E-state index is 0.292. The quantitative estimate of drug-likeness (QED) is 0.820. The molecule has 1 rings (SSSR count). The second-order valence-electron chi connectivity index (χ2n) is 4.30. The van der Waals surface area contributed by atoms with Crippen LogP contribution in [-0.2, 0) is 4.79 Å². The molecule has 1 aromatic rings. The van der Waals surface area contributed by atoms with E-state index in [2.05, 4.69) is 18.8 Å². The third-order valence-electron chi connectivity index (χ3n) is 2.00. The van der Waals surface area contributed by atoms with Crippen molar-refractivity contribution in [1.29, 1.82) is 0 Å². The van der Waals surface area contributed by atoms with Crippen LogP contribution in [0.15, 0.2) is 29.3 Å². The maximum atomic E-state index is 9.43. The van der Waals surface area contributed by atoms with Gasteiger partial charge < -0.3 is 10.2 Å². The number of aliphatic carboxylic acids is 1. The van der Waals surface area contributed by atoms with E-state index < -0.39 is 5.97 Å². The number of carbonyl (C=O) groups is 1. The second-order valence-corrected chi connectivity index (χ2v) is 4.30. The van der Waals surface area contributed by atoms with E-state index in [1.54, 1.807) is 18.3 Å². The summed E-state index contributed by atoms with van der Waals surface area (Å²) in [4.78, 5) is 13.3. The van der Waals surface area contributed by atoms with Gasteiger partial charge in [-0.05, 0) is 24.5 Å². The first-order valence-electron chi connectivity index (χ1n) is 6.90. The van der Waals surface area contributed by atoms with Crippen molar-refractivity contribution in [2.45, 2.75) is 41.0 Å². The molecule has 114 valence electrons. The molecule has 0 saturated carbocycles. The lowest BCUT2D eigenvalue weighted by atomic mass is 10.1. The summed E-state index contributed by atoms with van der Waals surface area (Å²) in [5.74, 6) is 0.136. The van der Waals surface area contributed by atoms with Crippen molar-refractivity contribution in [1.82, 2.24) is 0 Å². The fraction of sp³-hybridized carbons (Fsp3) is 0.500. The Balaban J connectivity index is 0. The molecule has 4 heteroatoms. The van der Waals surface area contributed by atoms with E-state index >= 15 is 0 Å². The molecule has 0 heterocycles. The van der Waals surface area contributed by atoms with E-state index in [0.29, 0.717) is 11.7 Å². The molecule has 2 N–H and O–H groups in total. The van der Waals surface area contributed by atoms with E-state index in [0.717, 1.165) is 25.5 Å². The number of phenolic OH excluding ortho intramolecular Hbond substituents is 1. The van der Waals surface area contributed by atoms with E-state index in [4.69, 9.17) is 9.90 Å². The molecule has 0 aliphatic rings. The van der Waals surface area contributed by atoms with Crippen LogP contribution in [0.25, 0.3) is 0 Å². The summed E-state index contributed by atoms with van der Waals surface area (Å²) in [6.45, 7) is 10.3. The number of para-hydroxylation sites is 1. The average Bonchev–Trinajstić information content (AvgIpc) is 2.38. The van der Waals surface area contributed by atoms with Crippen molar-refractivity contribution in [3.8, 4) is 5.75 Å². The number of carboxylic acid groups (broad SMARTS) is 1. The minimum Gasteiger partial charge on any atom is -0.507 e. The SMILES string of the molecule is CC.CC(=O)O.CC(C)CCN=Cc1ccccc1O. The Kier molecular flexibility index (Phi) is 13.9. The van der Waals surface area contributed by atoms with Crippen LogP contribution < -0.4 is 0 Å². The second kappa shape index (κ2) is 13.6. The molecule has 20 heavy (non-hydrogen) atoms. The lowest BCUT2D eigenvalue weighted by Gasteiger charge is -2.00. The number of aliphatic imine (C=N–C) groups is 1. The molecule has 0 spiro atoms. The predicted octanol–water partition coefficient (Wildman–Crippen LogP) is 3.97. The first-order valence-corrected chi connectivity index (χ1v) is 6.90. The topological polar surface area (TPSA) is 69.9 Å². The van der Waals surface area contributed by atoms with Crippen molar-refractivity contribution >= 4 is 12.2 Å². The van der Waals surface area contributed by atoms with Gasteiger partial charge in [-0.15, -0.1) is 0 Å². The molecule has 0 bridgehead atoms. The first-order chi connectivity index (χ1) is 9.43. The Hall–Kier alpha value is -1.84. The van der Waals surface area contributed by atoms with Gasteiger partial charge in [-0.2, -0.15) is 0 Å². The third kappa shape index (κ3) is 14.2. The van der Waals surface area contributed by atoms with Crippen LogP contribution >= 0.6 is 0 Å². The standard InChI is InChI=1S/C12H17NO.C2H4O2.C2H6/c1-10(2)7-8-13-9-11-5-3-4-6-12(11)14;1-2(3)4;1-2/h3-6,9-10,14H,7-8H2,1-2H3;1H3,(H,3,4);1-2H3. The zero-order valence-corrected chi connectivity index (χ0v) is 13.1. The molecule has 0 atom stereocenters. The van der Waals surface area contributed by atoms with Gasteiger partial charge in [0.1, 0.15) is 5.75 Å². The summed E-state index contributed by atoms with van der Waals surface area (Å²) in [7, 11) is 0. The number of hydrogen-bond donors (Lipinski definition) is 2. The Labute approximate surface area is 122 Å². The third-order valence-corrected chi connectivity index (χ3v) is 2.00. The highest BCUT2D eigenvalue weighted by atomic mass is 16.4. The van der Waals surface area contributed by atoms with E-state index in [-0.39, 0.29) is 0 Å². The van der Waals surface area contributed by atoms with Crippen LogP contribution in [0.5, 0.6) is 5.75 Å². The van der Waals surface area contributed by atoms with Crippen LogP contribution in [0.3, 0.4) is 0 Å². The van der Waals surface area contributed by atoms with Gasteiger partial charge >= 0.3 is 0 Å². The molecule has 0 amide bonds. The zero-order valence-electron chi connectivity index (χ0n) is 13.1. The van der Waals surface area contributed by atoms with Crippen molar-refractivity contribution in [3.63, 3.8) is 0 Å². The number of phenols is 1. The summed E-state index contributed by atoms with van der Waals surface area (Å²) in [6, 6.07) is 7.22. The Morgan fingerprint density at radius 2 is 1.80 bits per heavy atom. The highest BCUT2D eigenvalue weighted by Gasteiger charge is 1.94. The molecule has 0 fully saturated rings. The molecule has 0 aromatic heterocycles. The molecule has 0 radical (unpaired) electrons. The molecule has 0 unspecified atom stereocenters. The van der Waals surface area contributed by atoms with E-state index in [1.807, 2.05) is 26.0 Å². The predicted molar refractivity (Wildman–Crippen MR) is 84.7 cm³/mol. The summed E-state index contributed by atoms with van der Waals surface area (Å²) >= 11 is 0. The number of rotatable bonds is 4. The lowest BCUT2D eigenvalue weighted by molar-refractivity contribution is -0.134. The number of aromatic hydroxyl groups is 1. The van der Waals surface area contributed by atoms with Crippen molar-refractivity contribution < 1.29 is 15.0 Å². The maximum absolute atomic E-state index is 9.43. The lowest BCUT2D eigenvalue weighted by Crippen LogP contribution is -1.91. The van der Waals surface area contributed by atoms with E-state index in [9.17, 15) is 5.11 Å². The normalized spacial score (nSPS) is 9.50. The smallest absolute Gasteiger partial charge is 0.300 e. The zero-order chi connectivity index (χ0) is 16.0. The molecular weight excluding hydrogens is 254 g/mol. The number of hydrogen-bond acceptors (Lipinski definition) is 3. The van der Waals surface area contributed by atoms with Crippen LogP contribution in [0.1, 0.15) is 46.6 Å². The number of benzene rings is 1. The van der Waals surface area contributed by atoms with Crippen LogP contribution in [0.2, 0.25) is 0 Å². The summed E-state index contributed by atoms with van der Waals surface area (Å²) in [6.07, 6.45) is 2.82. The Bertz CT molecular complexity index is 383. The highest BCUT2D eigenvalue weighted by molar-refractivity contribution is 5.83. The fourth-order valence-electron chi connectivity index (χ4n) is 1.09. The molecule has 0 saturated heterocycles. The van der Waals surface area contributed by atoms with Crippen molar-refractivity contribution in [3.05, 3.63) is 29.8 Å². The number of carboxylic acids is 1. The first kappa shape index (κ1) is 20.5. The van der Waals surface area contributed by atoms with Gasteiger partial charge in [-0.25, -0.2) is 0 Å². The molecule has 4 nitrogen and oxygen atoms in total. The summed E-state index contributed by atoms with van der Waals surface area (Å²) in [5.41, 5.74) is 0.788. The average molecular weight is 281 g/mol. The molecule has 0 aliphatic heterocycles. The fourth-order valence-corrected chi connectivity index (χ4v) is 1.09. The molecule has 0 aliphatic carbocycles. The monoisotopic (exact) mass is 281 g/mol. The highest BCUT2D eigenvalue weighted by Crippen LogP contribution is 2.12. The molecular formula is C16H27NO3. The van der Waals surface area contributed by atoms with Gasteiger partial charge in [-0.1, -0.05) is 39.8 Å². The van der Waals surface area contributed by atoms with Crippen LogP contribution in [0, 0.1) is 5.92 Å². The minimum atomic E-state index is -0.833. The van der Waals surface area contributed by atoms with Gasteiger partial charge in [0.25, 0.3) is 5.97 Å². The van der Waals surface area contributed by atoms with Gasteiger partial charge in [0, 0.05) is 25.2 Å².